The largest absolute Gasteiger partial charge is 0.416 e. The first kappa shape index (κ1) is 9.20. The van der Waals surface area contributed by atoms with Gasteiger partial charge >= 0.3 is 5.43 Å². The first-order valence-electron chi connectivity index (χ1n) is 2.04. The third-order valence-electron chi connectivity index (χ3n) is 0.334. The fourth-order valence-electron chi connectivity index (χ4n) is 0.127. The Kier molecular flexibility index (Phi) is 6.46. The highest BCUT2D eigenvalue weighted by Crippen LogP contribution is 2.22. The van der Waals surface area contributed by atoms with Gasteiger partial charge in [0.2, 0.25) is 0 Å². The Balaban J connectivity index is 2.91. The van der Waals surface area contributed by atoms with Gasteiger partial charge in [0.15, 0.2) is 0 Å². The molecule has 0 saturated carbocycles. The van der Waals surface area contributed by atoms with E-state index in [1.807, 2.05) is 0 Å². The summed E-state index contributed by atoms with van der Waals surface area (Å²) in [6.45, 7) is 3.47. The molecular weight excluding hydrogens is 180 g/mol. The van der Waals surface area contributed by atoms with E-state index in [0.29, 0.717) is 0 Å². The topological polar surface area (TPSA) is 26.3 Å². The van der Waals surface area contributed by atoms with Crippen LogP contribution in [0.5, 0.6) is 0 Å². The molecule has 0 spiro atoms. The second kappa shape index (κ2) is 6.32. The third-order valence-corrected chi connectivity index (χ3v) is 2.09. The molecule has 0 radical (unpaired) electrons. The number of halogens is 1. The molecule has 52 valence electrons. The van der Waals surface area contributed by atoms with Crippen LogP contribution in [-0.4, -0.2) is 11.2 Å². The lowest BCUT2D eigenvalue weighted by Crippen LogP contribution is -1.78. The summed E-state index contributed by atoms with van der Waals surface area (Å²) < 4.78 is 4.30. The Labute approximate surface area is 66.6 Å². The smallest absolute Gasteiger partial charge is 0.367 e. The Hall–Kier alpha value is 0.200. The van der Waals surface area contributed by atoms with Gasteiger partial charge in [0.05, 0.1) is 0 Å². The molecule has 0 heterocycles. The van der Waals surface area contributed by atoms with Gasteiger partial charge in [-0.1, -0.05) is 6.08 Å². The van der Waals surface area contributed by atoms with Crippen molar-refractivity contribution in [2.75, 3.05) is 5.75 Å². The van der Waals surface area contributed by atoms with E-state index in [-0.39, 0.29) is 0 Å². The fourth-order valence-corrected chi connectivity index (χ4v) is 1.37. The second-order valence-corrected chi connectivity index (χ2v) is 3.26. The van der Waals surface area contributed by atoms with Gasteiger partial charge in [-0.2, -0.15) is 0 Å². The Morgan fingerprint density at radius 2 is 2.56 bits per heavy atom. The van der Waals surface area contributed by atoms with Crippen LogP contribution in [0.2, 0.25) is 0 Å². The van der Waals surface area contributed by atoms with Crippen molar-refractivity contribution in [1.82, 2.24) is 0 Å². The molecule has 0 unspecified atom stereocenters. The summed E-state index contributed by atoms with van der Waals surface area (Å²) in [5, 5.41) is 0. The average Bonchev–Trinajstić information content (AvgIpc) is 1.80. The minimum absolute atomic E-state index is 0.731. The molecule has 0 aliphatic carbocycles. The molecule has 0 aromatic carbocycles. The number of carbonyl (C=O) groups excluding carboxylic acids is 1. The van der Waals surface area contributed by atoms with Gasteiger partial charge in [-0.05, 0) is 10.8 Å². The molecule has 0 rings (SSSR count). The summed E-state index contributed by atoms with van der Waals surface area (Å²) in [5.74, 6) is 0.731. The van der Waals surface area contributed by atoms with Crippen molar-refractivity contribution >= 4 is 38.9 Å². The van der Waals surface area contributed by atoms with E-state index < -0.39 is 5.43 Å². The summed E-state index contributed by atoms with van der Waals surface area (Å²) >= 11 is 5.79. The standard InChI is InChI=1S/C4H5ClO2S2/c1-2-3-8-9-7-4(5)6/h2H,1,3H2. The van der Waals surface area contributed by atoms with E-state index in [1.165, 1.54) is 10.8 Å². The molecular formula is C4H5ClO2S2. The van der Waals surface area contributed by atoms with Crippen LogP contribution in [0.25, 0.3) is 0 Å². The highest BCUT2D eigenvalue weighted by molar-refractivity contribution is 8.75. The number of carbonyl (C=O) groups is 1. The van der Waals surface area contributed by atoms with Gasteiger partial charge in [-0.3, -0.25) is 0 Å². The van der Waals surface area contributed by atoms with E-state index in [1.54, 1.807) is 6.08 Å². The highest BCUT2D eigenvalue weighted by atomic mass is 35.5. The third kappa shape index (κ3) is 8.20. The van der Waals surface area contributed by atoms with Gasteiger partial charge in [0, 0.05) is 17.4 Å². The molecule has 0 amide bonds. The molecule has 0 bridgehead atoms. The number of rotatable bonds is 4. The van der Waals surface area contributed by atoms with E-state index in [2.05, 4.69) is 10.8 Å². The molecule has 9 heavy (non-hydrogen) atoms. The minimum Gasteiger partial charge on any atom is -0.367 e. The molecule has 0 N–H and O–H groups in total. The zero-order valence-corrected chi connectivity index (χ0v) is 6.89. The fraction of sp³-hybridized carbons (Fsp3) is 0.250. The molecule has 0 aromatic rings. The van der Waals surface area contributed by atoms with Crippen molar-refractivity contribution in [1.29, 1.82) is 0 Å². The summed E-state index contributed by atoms with van der Waals surface area (Å²) in [4.78, 5) is 9.89. The molecule has 0 aliphatic heterocycles. The van der Waals surface area contributed by atoms with Crippen LogP contribution in [0.1, 0.15) is 0 Å². The molecule has 0 atom stereocenters. The van der Waals surface area contributed by atoms with Gasteiger partial charge < -0.3 is 4.18 Å². The summed E-state index contributed by atoms with van der Waals surface area (Å²) in [5.41, 5.74) is -0.795. The van der Waals surface area contributed by atoms with E-state index in [4.69, 9.17) is 11.6 Å². The van der Waals surface area contributed by atoms with Gasteiger partial charge in [0.1, 0.15) is 11.1 Å². The Morgan fingerprint density at radius 3 is 3.00 bits per heavy atom. The molecule has 5 heteroatoms. The van der Waals surface area contributed by atoms with Crippen molar-refractivity contribution in [3.05, 3.63) is 12.7 Å². The lowest BCUT2D eigenvalue weighted by Gasteiger charge is -1.91. The molecule has 2 nitrogen and oxygen atoms in total. The first-order chi connectivity index (χ1) is 4.27. The van der Waals surface area contributed by atoms with E-state index >= 15 is 0 Å². The summed E-state index contributed by atoms with van der Waals surface area (Å²) in [6.07, 6.45) is 1.71. The van der Waals surface area contributed by atoms with Crippen LogP contribution >= 0.6 is 33.5 Å². The maximum absolute atomic E-state index is 9.89. The Morgan fingerprint density at radius 1 is 1.89 bits per heavy atom. The molecule has 0 fully saturated rings. The predicted molar refractivity (Wildman–Crippen MR) is 42.6 cm³/mol. The second-order valence-electron chi connectivity index (χ2n) is 0.962. The van der Waals surface area contributed by atoms with E-state index in [0.717, 1.165) is 16.8 Å². The van der Waals surface area contributed by atoms with Crippen LogP contribution in [0, 0.1) is 0 Å². The number of hydrogen-bond acceptors (Lipinski definition) is 4. The quantitative estimate of drug-likeness (QED) is 0.221. The van der Waals surface area contributed by atoms with Gasteiger partial charge in [-0.15, -0.1) is 6.58 Å². The normalized spacial score (nSPS) is 8.56. The van der Waals surface area contributed by atoms with Crippen LogP contribution in [0.4, 0.5) is 4.79 Å². The zero-order chi connectivity index (χ0) is 7.11. The monoisotopic (exact) mass is 184 g/mol. The molecule has 0 saturated heterocycles. The molecule has 0 aliphatic rings. The average molecular weight is 185 g/mol. The lowest BCUT2D eigenvalue weighted by molar-refractivity contribution is 0.233. The van der Waals surface area contributed by atoms with Gasteiger partial charge in [-0.25, -0.2) is 4.79 Å². The van der Waals surface area contributed by atoms with Crippen LogP contribution in [0.15, 0.2) is 12.7 Å². The Bertz CT molecular complexity index is 107. The van der Waals surface area contributed by atoms with Crippen LogP contribution < -0.4 is 0 Å². The SMILES string of the molecule is C=CCSSOC(=O)Cl. The highest BCUT2D eigenvalue weighted by Gasteiger charge is 1.94. The van der Waals surface area contributed by atoms with Crippen molar-refractivity contribution in [3.8, 4) is 0 Å². The van der Waals surface area contributed by atoms with Crippen LogP contribution in [0.3, 0.4) is 0 Å². The zero-order valence-electron chi connectivity index (χ0n) is 4.50. The lowest BCUT2D eigenvalue weighted by atomic mass is 10.8. The van der Waals surface area contributed by atoms with E-state index in [9.17, 15) is 4.79 Å². The minimum atomic E-state index is -0.795. The van der Waals surface area contributed by atoms with Crippen LogP contribution in [-0.2, 0) is 4.18 Å². The van der Waals surface area contributed by atoms with Crippen molar-refractivity contribution in [2.24, 2.45) is 0 Å². The van der Waals surface area contributed by atoms with Crippen molar-refractivity contribution in [2.45, 2.75) is 0 Å². The maximum Gasteiger partial charge on any atom is 0.416 e. The summed E-state index contributed by atoms with van der Waals surface area (Å²) in [7, 11) is 1.35. The van der Waals surface area contributed by atoms with Gasteiger partial charge in [0.25, 0.3) is 0 Å². The van der Waals surface area contributed by atoms with Crippen molar-refractivity contribution in [3.63, 3.8) is 0 Å². The predicted octanol–water partition coefficient (Wildman–Crippen LogP) is 2.84. The summed E-state index contributed by atoms with van der Waals surface area (Å²) in [6, 6.07) is 0. The number of hydrogen-bond donors (Lipinski definition) is 0. The maximum atomic E-state index is 9.89. The molecule has 0 aromatic heterocycles. The van der Waals surface area contributed by atoms with Crippen molar-refractivity contribution < 1.29 is 8.98 Å². The first-order valence-corrected chi connectivity index (χ1v) is 4.66.